The molecule has 6 rings (SSSR count). The number of carbonyl (C=O) groups excluding carboxylic acids is 1. The fraction of sp³-hybridized carbons (Fsp3) is 0.400. The van der Waals surface area contributed by atoms with Crippen molar-refractivity contribution in [1.82, 2.24) is 24.3 Å². The third kappa shape index (κ3) is 3.90. The molecule has 9 heteroatoms. The van der Waals surface area contributed by atoms with Gasteiger partial charge in [-0.15, -0.1) is 0 Å². The Morgan fingerprint density at radius 1 is 1.03 bits per heavy atom. The van der Waals surface area contributed by atoms with Crippen molar-refractivity contribution < 1.29 is 9.18 Å². The first kappa shape index (κ1) is 21.1. The second kappa shape index (κ2) is 8.09. The summed E-state index contributed by atoms with van der Waals surface area (Å²) in [5.41, 5.74) is 4.54. The van der Waals surface area contributed by atoms with Crippen LogP contribution in [-0.4, -0.2) is 50.1 Å². The normalized spacial score (nSPS) is 17.1. The van der Waals surface area contributed by atoms with E-state index in [0.717, 1.165) is 48.9 Å². The number of nitrogens with one attached hydrogen (secondary N) is 2. The van der Waals surface area contributed by atoms with E-state index in [4.69, 9.17) is 0 Å². The Morgan fingerprint density at radius 2 is 1.79 bits per heavy atom. The van der Waals surface area contributed by atoms with E-state index in [-0.39, 0.29) is 11.6 Å². The molecule has 8 nitrogen and oxygen atoms in total. The molecule has 4 aromatic heterocycles. The molecule has 1 amide bonds. The summed E-state index contributed by atoms with van der Waals surface area (Å²) in [5, 5.41) is 11.2. The maximum atomic E-state index is 14.5. The second-order valence-corrected chi connectivity index (χ2v) is 9.53. The molecule has 0 radical (unpaired) electrons. The number of halogens is 1. The molecule has 4 aromatic rings. The van der Waals surface area contributed by atoms with E-state index in [1.54, 1.807) is 34.3 Å². The van der Waals surface area contributed by atoms with Gasteiger partial charge in [0.25, 0.3) is 5.91 Å². The Bertz CT molecular complexity index is 1400. The minimum Gasteiger partial charge on any atom is -0.370 e. The molecule has 1 saturated carbocycles. The zero-order valence-electron chi connectivity index (χ0n) is 19.4. The number of amides is 1. The molecule has 34 heavy (non-hydrogen) atoms. The highest BCUT2D eigenvalue weighted by Gasteiger charge is 2.28. The third-order valence-electron chi connectivity index (χ3n) is 6.72. The predicted molar refractivity (Wildman–Crippen MR) is 129 cm³/mol. The maximum absolute atomic E-state index is 14.5. The molecule has 0 unspecified atom stereocenters. The monoisotopic (exact) mass is 461 g/mol. The molecule has 1 aliphatic heterocycles. The minimum atomic E-state index is -0.485. The first-order chi connectivity index (χ1) is 16.4. The molecule has 1 aliphatic carbocycles. The first-order valence-electron chi connectivity index (χ1n) is 11.9. The zero-order chi connectivity index (χ0) is 23.4. The van der Waals surface area contributed by atoms with Crippen molar-refractivity contribution in [3.05, 3.63) is 59.6 Å². The molecule has 2 fully saturated rings. The van der Waals surface area contributed by atoms with Crippen molar-refractivity contribution >= 4 is 28.4 Å². The number of carbonyl (C=O) groups is 1. The second-order valence-electron chi connectivity index (χ2n) is 9.53. The van der Waals surface area contributed by atoms with Gasteiger partial charge in [0, 0.05) is 43.6 Å². The van der Waals surface area contributed by atoms with Crippen LogP contribution >= 0.6 is 0 Å². The van der Waals surface area contributed by atoms with Crippen LogP contribution in [0.4, 0.5) is 15.8 Å². The maximum Gasteiger partial charge on any atom is 0.274 e. The van der Waals surface area contributed by atoms with E-state index in [0.29, 0.717) is 23.1 Å². The van der Waals surface area contributed by atoms with Crippen molar-refractivity contribution in [2.75, 3.05) is 23.3 Å². The number of nitrogens with zero attached hydrogens (tertiary/aromatic N) is 5. The number of aryl methyl sites for hydroxylation is 2. The summed E-state index contributed by atoms with van der Waals surface area (Å²) in [5.74, 6) is -0.830. The Hall–Kier alpha value is -3.46. The standard InChI is InChI=1S/C25H28FN7O/c1-15-11-23-21(31-9-7-18(8-10-31)28-17-3-4-17)5-6-22(33(23)30-15)25(34)29-19-12-20(26)24-27-16(2)13-32(24)14-19/h5-6,11-14,17-18,28H,3-4,7-10H2,1-2H3,(H,29,34). The summed E-state index contributed by atoms with van der Waals surface area (Å²) < 4.78 is 17.7. The van der Waals surface area contributed by atoms with Crippen LogP contribution in [-0.2, 0) is 0 Å². The number of hydrogen-bond donors (Lipinski definition) is 2. The number of piperidine rings is 1. The smallest absolute Gasteiger partial charge is 0.274 e. The topological polar surface area (TPSA) is 79.0 Å². The van der Waals surface area contributed by atoms with Crippen LogP contribution < -0.4 is 15.5 Å². The number of hydrogen-bond acceptors (Lipinski definition) is 5. The van der Waals surface area contributed by atoms with Gasteiger partial charge in [-0.05, 0) is 57.7 Å². The summed E-state index contributed by atoms with van der Waals surface area (Å²) in [7, 11) is 0. The number of pyridine rings is 2. The zero-order valence-corrected chi connectivity index (χ0v) is 19.4. The number of imidazole rings is 1. The van der Waals surface area contributed by atoms with Gasteiger partial charge >= 0.3 is 0 Å². The van der Waals surface area contributed by atoms with Gasteiger partial charge in [-0.1, -0.05) is 0 Å². The van der Waals surface area contributed by atoms with Crippen LogP contribution in [0.2, 0.25) is 0 Å². The van der Waals surface area contributed by atoms with Gasteiger partial charge in [0.15, 0.2) is 11.5 Å². The molecular formula is C25H28FN7O. The fourth-order valence-electron chi connectivity index (χ4n) is 4.93. The molecule has 0 aromatic carbocycles. The number of rotatable bonds is 5. The molecule has 5 heterocycles. The quantitative estimate of drug-likeness (QED) is 0.474. The number of aromatic nitrogens is 4. The first-order valence-corrected chi connectivity index (χ1v) is 11.9. The molecule has 2 aliphatic rings. The lowest BCUT2D eigenvalue weighted by atomic mass is 10.0. The third-order valence-corrected chi connectivity index (χ3v) is 6.72. The Kier molecular flexibility index (Phi) is 5.02. The highest BCUT2D eigenvalue weighted by atomic mass is 19.1. The van der Waals surface area contributed by atoms with Crippen LogP contribution in [0, 0.1) is 19.7 Å². The van der Waals surface area contributed by atoms with Crippen LogP contribution in [0.15, 0.2) is 36.7 Å². The van der Waals surface area contributed by atoms with E-state index in [9.17, 15) is 9.18 Å². The number of anilines is 2. The lowest BCUT2D eigenvalue weighted by molar-refractivity contribution is 0.102. The molecule has 0 spiro atoms. The number of fused-ring (bicyclic) bond motifs is 2. The largest absolute Gasteiger partial charge is 0.370 e. The van der Waals surface area contributed by atoms with Crippen LogP contribution in [0.5, 0.6) is 0 Å². The van der Waals surface area contributed by atoms with Crippen molar-refractivity contribution in [1.29, 1.82) is 0 Å². The van der Waals surface area contributed by atoms with Crippen molar-refractivity contribution in [3.63, 3.8) is 0 Å². The highest BCUT2D eigenvalue weighted by Crippen LogP contribution is 2.29. The summed E-state index contributed by atoms with van der Waals surface area (Å²) in [6.07, 6.45) is 8.22. The van der Waals surface area contributed by atoms with Gasteiger partial charge in [-0.2, -0.15) is 5.10 Å². The summed E-state index contributed by atoms with van der Waals surface area (Å²) >= 11 is 0. The fourth-order valence-corrected chi connectivity index (χ4v) is 4.93. The molecule has 2 N–H and O–H groups in total. The Labute approximate surface area is 196 Å². The van der Waals surface area contributed by atoms with Gasteiger partial charge in [-0.25, -0.2) is 13.9 Å². The summed E-state index contributed by atoms with van der Waals surface area (Å²) in [4.78, 5) is 19.7. The molecule has 0 bridgehead atoms. The van der Waals surface area contributed by atoms with E-state index in [2.05, 4.69) is 25.6 Å². The van der Waals surface area contributed by atoms with E-state index < -0.39 is 5.82 Å². The van der Waals surface area contributed by atoms with E-state index in [1.165, 1.54) is 18.9 Å². The summed E-state index contributed by atoms with van der Waals surface area (Å²) in [6.45, 7) is 5.67. The summed E-state index contributed by atoms with van der Waals surface area (Å²) in [6, 6.07) is 8.43. The van der Waals surface area contributed by atoms with Gasteiger partial charge in [-0.3, -0.25) is 4.79 Å². The van der Waals surface area contributed by atoms with Crippen LogP contribution in [0.25, 0.3) is 11.2 Å². The molecule has 1 saturated heterocycles. The van der Waals surface area contributed by atoms with Gasteiger partial charge in [0.05, 0.1) is 28.3 Å². The minimum absolute atomic E-state index is 0.237. The Morgan fingerprint density at radius 3 is 2.56 bits per heavy atom. The average molecular weight is 462 g/mol. The lowest BCUT2D eigenvalue weighted by Gasteiger charge is -2.34. The SMILES string of the molecule is Cc1cn2cc(NC(=O)c3ccc(N4CCC(NC5CC5)CC4)c4cc(C)nn34)cc(F)c2n1. The average Bonchev–Trinajstić information content (AvgIpc) is 3.40. The van der Waals surface area contributed by atoms with Crippen molar-refractivity contribution in [2.24, 2.45) is 0 Å². The van der Waals surface area contributed by atoms with Crippen molar-refractivity contribution in [3.8, 4) is 0 Å². The predicted octanol–water partition coefficient (Wildman–Crippen LogP) is 3.71. The molecule has 176 valence electrons. The highest BCUT2D eigenvalue weighted by molar-refractivity contribution is 6.04. The van der Waals surface area contributed by atoms with Gasteiger partial charge < -0.3 is 19.9 Å². The van der Waals surface area contributed by atoms with E-state index in [1.807, 2.05) is 19.1 Å². The molecule has 0 atom stereocenters. The van der Waals surface area contributed by atoms with E-state index >= 15 is 0 Å². The van der Waals surface area contributed by atoms with Gasteiger partial charge in [0.1, 0.15) is 5.69 Å². The lowest BCUT2D eigenvalue weighted by Crippen LogP contribution is -2.43. The Balaban J connectivity index is 1.26. The van der Waals surface area contributed by atoms with Crippen LogP contribution in [0.1, 0.15) is 47.6 Å². The molecular weight excluding hydrogens is 433 g/mol. The van der Waals surface area contributed by atoms with Crippen LogP contribution in [0.3, 0.4) is 0 Å². The van der Waals surface area contributed by atoms with Crippen molar-refractivity contribution in [2.45, 2.75) is 51.6 Å². The van der Waals surface area contributed by atoms with Gasteiger partial charge in [0.2, 0.25) is 0 Å².